The van der Waals surface area contributed by atoms with E-state index in [4.69, 9.17) is 0 Å². The van der Waals surface area contributed by atoms with Gasteiger partial charge in [0.1, 0.15) is 0 Å². The molecule has 0 aromatic heterocycles. The normalized spacial score (nSPS) is 21.7. The molecule has 1 aromatic rings. The maximum Gasteiger partial charge on any atom is 0.425 e. The number of piperazine rings is 1. The van der Waals surface area contributed by atoms with E-state index in [1.54, 1.807) is 0 Å². The number of ether oxygens (including phenoxy) is 1. The second-order valence-electron chi connectivity index (χ2n) is 8.13. The summed E-state index contributed by atoms with van der Waals surface area (Å²) in [5.74, 6) is 0. The van der Waals surface area contributed by atoms with Gasteiger partial charge in [-0.3, -0.25) is 4.90 Å². The van der Waals surface area contributed by atoms with Crippen molar-refractivity contribution in [1.82, 2.24) is 9.80 Å². The van der Waals surface area contributed by atoms with E-state index < -0.39 is 18.4 Å². The van der Waals surface area contributed by atoms with Crippen molar-refractivity contribution in [3.05, 3.63) is 29.3 Å². The molecule has 0 spiro atoms. The Hall–Kier alpha value is -2.00. The lowest BCUT2D eigenvalue weighted by Gasteiger charge is -2.36. The van der Waals surface area contributed by atoms with Gasteiger partial charge in [-0.1, -0.05) is 12.1 Å². The Balaban J connectivity index is 1.60. The molecule has 3 rings (SSSR count). The Morgan fingerprint density at radius 1 is 1.23 bits per heavy atom. The second kappa shape index (κ2) is 9.43. The summed E-state index contributed by atoms with van der Waals surface area (Å²) in [6.07, 6.45) is -5.56. The summed E-state index contributed by atoms with van der Waals surface area (Å²) in [4.78, 5) is 17.8. The third-order valence-corrected chi connectivity index (χ3v) is 5.90. The van der Waals surface area contributed by atoms with Crippen LogP contribution in [0.4, 0.5) is 23.7 Å². The minimum absolute atomic E-state index is 0.129. The van der Waals surface area contributed by atoms with E-state index in [0.717, 1.165) is 43.1 Å². The topological polar surface area (TPSA) is 56.2 Å². The summed E-state index contributed by atoms with van der Waals surface area (Å²) in [7, 11) is 0. The van der Waals surface area contributed by atoms with Crippen molar-refractivity contribution in [3.8, 4) is 0 Å². The molecule has 2 aliphatic heterocycles. The van der Waals surface area contributed by atoms with Crippen LogP contribution in [0.5, 0.6) is 0 Å². The molecule has 2 aliphatic rings. The first-order valence-electron chi connectivity index (χ1n) is 10.4. The number of benzene rings is 1. The first kappa shape index (κ1) is 22.7. The number of hydrogen-bond donors (Lipinski definition) is 1. The van der Waals surface area contributed by atoms with E-state index in [1.807, 2.05) is 6.92 Å². The largest absolute Gasteiger partial charge is 0.437 e. The molecule has 2 unspecified atom stereocenters. The summed E-state index contributed by atoms with van der Waals surface area (Å²) in [6, 6.07) is 6.45. The fraction of sp³-hybridized carbons (Fsp3) is 0.667. The molecule has 9 heteroatoms. The van der Waals surface area contributed by atoms with Crippen LogP contribution < -0.4 is 4.90 Å². The summed E-state index contributed by atoms with van der Waals surface area (Å²) in [5, 5.41) is 9.70. The fourth-order valence-corrected chi connectivity index (χ4v) is 4.04. The summed E-state index contributed by atoms with van der Waals surface area (Å²) in [6.45, 7) is 6.39. The quantitative estimate of drug-likeness (QED) is 0.779. The molecular weight excluding hydrogens is 399 g/mol. The molecular formula is C21H30F3N3O3. The van der Waals surface area contributed by atoms with E-state index >= 15 is 0 Å². The van der Waals surface area contributed by atoms with Crippen LogP contribution in [-0.2, 0) is 11.3 Å². The Morgan fingerprint density at radius 2 is 1.93 bits per heavy atom. The highest BCUT2D eigenvalue weighted by Gasteiger charge is 2.40. The number of carbonyl (C=O) groups is 1. The molecule has 2 atom stereocenters. The van der Waals surface area contributed by atoms with Crippen molar-refractivity contribution in [1.29, 1.82) is 0 Å². The number of anilines is 1. The number of aryl methyl sites for hydroxylation is 1. The molecule has 1 N–H and O–H groups in total. The van der Waals surface area contributed by atoms with Gasteiger partial charge < -0.3 is 19.6 Å². The molecule has 0 aliphatic carbocycles. The molecule has 2 heterocycles. The van der Waals surface area contributed by atoms with Gasteiger partial charge in [0, 0.05) is 45.0 Å². The average Bonchev–Trinajstić information content (AvgIpc) is 3.17. The van der Waals surface area contributed by atoms with E-state index in [-0.39, 0.29) is 12.6 Å². The van der Waals surface area contributed by atoms with E-state index in [0.29, 0.717) is 32.7 Å². The molecule has 0 bridgehead atoms. The van der Waals surface area contributed by atoms with Crippen LogP contribution in [0.1, 0.15) is 30.9 Å². The highest BCUT2D eigenvalue weighted by atomic mass is 19.4. The predicted octanol–water partition coefficient (Wildman–Crippen LogP) is 3.16. The maximum atomic E-state index is 12.6. The Kier molecular flexibility index (Phi) is 7.13. The summed E-state index contributed by atoms with van der Waals surface area (Å²) >= 11 is 0. The standard InChI is InChI=1S/C21H30F3N3O3/c1-15-5-6-17(19(12-15)27-7-3-4-18(27)14-28)13-25-8-10-26(11-9-25)20(29)30-16(2)21(22,23)24/h5-6,12,16,18,28H,3-4,7-11,13-14H2,1-2H3. The lowest BCUT2D eigenvalue weighted by Crippen LogP contribution is -2.49. The number of nitrogens with zero attached hydrogens (tertiary/aromatic N) is 3. The van der Waals surface area contributed by atoms with Gasteiger partial charge in [0.25, 0.3) is 0 Å². The molecule has 0 radical (unpaired) electrons. The van der Waals surface area contributed by atoms with Crippen LogP contribution in [0, 0.1) is 6.92 Å². The lowest BCUT2D eigenvalue weighted by molar-refractivity contribution is -0.200. The molecule has 1 amide bonds. The third kappa shape index (κ3) is 5.37. The van der Waals surface area contributed by atoms with Crippen LogP contribution in [0.15, 0.2) is 18.2 Å². The number of rotatable bonds is 5. The van der Waals surface area contributed by atoms with Crippen molar-refractivity contribution in [2.24, 2.45) is 0 Å². The molecule has 168 valence electrons. The SMILES string of the molecule is Cc1ccc(CN2CCN(C(=O)OC(C)C(F)(F)F)CC2)c(N2CCCC2CO)c1. The number of amides is 1. The van der Waals surface area contributed by atoms with Gasteiger partial charge in [-0.15, -0.1) is 0 Å². The van der Waals surface area contributed by atoms with Gasteiger partial charge in [-0.05, 0) is 43.9 Å². The highest BCUT2D eigenvalue weighted by Crippen LogP contribution is 2.31. The van der Waals surface area contributed by atoms with Crippen molar-refractivity contribution in [2.75, 3.05) is 44.2 Å². The van der Waals surface area contributed by atoms with Gasteiger partial charge in [0.2, 0.25) is 0 Å². The van der Waals surface area contributed by atoms with Crippen molar-refractivity contribution in [3.63, 3.8) is 0 Å². The number of halogens is 3. The number of aliphatic hydroxyl groups excluding tert-OH is 1. The first-order valence-corrected chi connectivity index (χ1v) is 10.4. The lowest BCUT2D eigenvalue weighted by atomic mass is 10.1. The maximum absolute atomic E-state index is 12.6. The Morgan fingerprint density at radius 3 is 2.57 bits per heavy atom. The van der Waals surface area contributed by atoms with E-state index in [2.05, 4.69) is 32.7 Å². The number of hydrogen-bond acceptors (Lipinski definition) is 5. The van der Waals surface area contributed by atoms with E-state index in [9.17, 15) is 23.1 Å². The number of aliphatic hydroxyl groups is 1. The van der Waals surface area contributed by atoms with Crippen molar-refractivity contribution >= 4 is 11.8 Å². The van der Waals surface area contributed by atoms with Gasteiger partial charge in [0.15, 0.2) is 6.10 Å². The number of alkyl halides is 3. The van der Waals surface area contributed by atoms with Crippen LogP contribution in [0.25, 0.3) is 0 Å². The van der Waals surface area contributed by atoms with Gasteiger partial charge >= 0.3 is 12.3 Å². The Bertz CT molecular complexity index is 736. The molecule has 2 fully saturated rings. The van der Waals surface area contributed by atoms with Crippen LogP contribution in [-0.4, -0.2) is 78.7 Å². The Labute approximate surface area is 175 Å². The zero-order valence-electron chi connectivity index (χ0n) is 17.5. The third-order valence-electron chi connectivity index (χ3n) is 5.90. The van der Waals surface area contributed by atoms with Gasteiger partial charge in [0.05, 0.1) is 12.6 Å². The molecule has 30 heavy (non-hydrogen) atoms. The van der Waals surface area contributed by atoms with Crippen molar-refractivity contribution in [2.45, 2.75) is 51.6 Å². The highest BCUT2D eigenvalue weighted by molar-refractivity contribution is 5.68. The van der Waals surface area contributed by atoms with E-state index in [1.165, 1.54) is 4.90 Å². The molecule has 2 saturated heterocycles. The predicted molar refractivity (Wildman–Crippen MR) is 107 cm³/mol. The van der Waals surface area contributed by atoms with Crippen LogP contribution >= 0.6 is 0 Å². The van der Waals surface area contributed by atoms with Crippen LogP contribution in [0.2, 0.25) is 0 Å². The zero-order chi connectivity index (χ0) is 21.9. The minimum atomic E-state index is -4.55. The van der Waals surface area contributed by atoms with Crippen LogP contribution in [0.3, 0.4) is 0 Å². The monoisotopic (exact) mass is 429 g/mol. The summed E-state index contributed by atoms with van der Waals surface area (Å²) < 4.78 is 42.4. The molecule has 0 saturated carbocycles. The fourth-order valence-electron chi connectivity index (χ4n) is 4.04. The second-order valence-corrected chi connectivity index (χ2v) is 8.13. The number of carbonyl (C=O) groups excluding carboxylic acids is 1. The minimum Gasteiger partial charge on any atom is -0.437 e. The molecule has 1 aromatic carbocycles. The van der Waals surface area contributed by atoms with Crippen molar-refractivity contribution < 1.29 is 27.8 Å². The molecule has 6 nitrogen and oxygen atoms in total. The first-order chi connectivity index (χ1) is 14.2. The smallest absolute Gasteiger partial charge is 0.425 e. The average molecular weight is 429 g/mol. The summed E-state index contributed by atoms with van der Waals surface area (Å²) in [5.41, 5.74) is 3.44. The van der Waals surface area contributed by atoms with Gasteiger partial charge in [-0.2, -0.15) is 13.2 Å². The van der Waals surface area contributed by atoms with Gasteiger partial charge in [-0.25, -0.2) is 4.79 Å². The zero-order valence-corrected chi connectivity index (χ0v) is 17.5.